The van der Waals surface area contributed by atoms with Gasteiger partial charge in [0.2, 0.25) is 10.0 Å². The normalized spacial score (nSPS) is 11.0. The lowest BCUT2D eigenvalue weighted by atomic mass is 10.1. The first-order valence-corrected chi connectivity index (χ1v) is 9.50. The van der Waals surface area contributed by atoms with E-state index in [0.29, 0.717) is 13.0 Å². The molecule has 0 aromatic heterocycles. The Bertz CT molecular complexity index is 898. The van der Waals surface area contributed by atoms with Gasteiger partial charge in [0.05, 0.1) is 15.5 Å². The summed E-state index contributed by atoms with van der Waals surface area (Å²) in [7, 11) is -3.72. The van der Waals surface area contributed by atoms with E-state index in [1.165, 1.54) is 18.2 Å². The van der Waals surface area contributed by atoms with Gasteiger partial charge in [-0.25, -0.2) is 18.4 Å². The number of carbonyl (C=O) groups is 2. The molecule has 0 atom stereocenters. The number of amides is 1. The number of esters is 1. The van der Waals surface area contributed by atoms with E-state index >= 15 is 0 Å². The van der Waals surface area contributed by atoms with E-state index in [4.69, 9.17) is 21.5 Å². The number of sulfonamides is 1. The number of nitrogens with one attached hydrogen (secondary N) is 1. The fourth-order valence-electron chi connectivity index (χ4n) is 2.08. The third-order valence-electron chi connectivity index (χ3n) is 3.42. The number of primary sulfonamides is 1. The van der Waals surface area contributed by atoms with Gasteiger partial charge in [-0.15, -0.1) is 0 Å². The Morgan fingerprint density at radius 2 is 1.73 bits per heavy atom. The lowest BCUT2D eigenvalue weighted by Gasteiger charge is -2.08. The van der Waals surface area contributed by atoms with E-state index < -0.39 is 28.5 Å². The third kappa shape index (κ3) is 5.83. The monoisotopic (exact) mass is 396 g/mol. The van der Waals surface area contributed by atoms with Crippen LogP contribution in [0, 0.1) is 0 Å². The molecule has 0 aliphatic carbocycles. The van der Waals surface area contributed by atoms with Crippen LogP contribution in [0.1, 0.15) is 15.9 Å². The molecule has 0 heterocycles. The first kappa shape index (κ1) is 19.9. The molecular weight excluding hydrogens is 380 g/mol. The maximum absolute atomic E-state index is 11.8. The zero-order chi connectivity index (χ0) is 19.2. The number of rotatable bonds is 7. The molecule has 3 N–H and O–H groups in total. The second kappa shape index (κ2) is 8.79. The molecule has 0 saturated carbocycles. The van der Waals surface area contributed by atoms with Crippen molar-refractivity contribution in [3.63, 3.8) is 0 Å². The number of hydrogen-bond acceptors (Lipinski definition) is 5. The molecule has 0 saturated heterocycles. The Morgan fingerprint density at radius 1 is 1.08 bits per heavy atom. The molecule has 2 rings (SSSR count). The molecule has 26 heavy (non-hydrogen) atoms. The number of carbonyl (C=O) groups excluding carboxylic acids is 2. The maximum atomic E-state index is 11.8. The van der Waals surface area contributed by atoms with Gasteiger partial charge in [-0.2, -0.15) is 0 Å². The molecule has 9 heteroatoms. The van der Waals surface area contributed by atoms with Crippen LogP contribution in [0.2, 0.25) is 5.02 Å². The van der Waals surface area contributed by atoms with E-state index in [1.807, 2.05) is 0 Å². The number of benzene rings is 2. The smallest absolute Gasteiger partial charge is 0.340 e. The van der Waals surface area contributed by atoms with Gasteiger partial charge in [-0.05, 0) is 36.2 Å². The molecule has 0 bridgehead atoms. The summed E-state index contributed by atoms with van der Waals surface area (Å²) in [5.74, 6) is -1.13. The van der Waals surface area contributed by atoms with Crippen LogP contribution in [0.4, 0.5) is 0 Å². The van der Waals surface area contributed by atoms with E-state index in [2.05, 4.69) is 5.32 Å². The summed E-state index contributed by atoms with van der Waals surface area (Å²) in [6, 6.07) is 12.4. The van der Waals surface area contributed by atoms with Crippen LogP contribution in [0.15, 0.2) is 53.4 Å². The Labute approximate surface area is 156 Å². The highest BCUT2D eigenvalue weighted by atomic mass is 35.5. The minimum atomic E-state index is -3.72. The summed E-state index contributed by atoms with van der Waals surface area (Å²) in [5, 5.41) is 7.88. The molecule has 2 aromatic carbocycles. The van der Waals surface area contributed by atoms with Crippen LogP contribution < -0.4 is 10.5 Å². The van der Waals surface area contributed by atoms with Crippen molar-refractivity contribution in [1.29, 1.82) is 0 Å². The molecule has 0 spiro atoms. The average Bonchev–Trinajstić information content (AvgIpc) is 2.60. The van der Waals surface area contributed by atoms with Crippen LogP contribution in [-0.4, -0.2) is 33.4 Å². The van der Waals surface area contributed by atoms with Gasteiger partial charge in [-0.3, -0.25) is 4.79 Å². The molecule has 1 amide bonds. The van der Waals surface area contributed by atoms with Crippen molar-refractivity contribution in [3.8, 4) is 0 Å². The van der Waals surface area contributed by atoms with Gasteiger partial charge in [-0.1, -0.05) is 35.9 Å². The number of ether oxygens (including phenoxy) is 1. The van der Waals surface area contributed by atoms with Gasteiger partial charge in [0.15, 0.2) is 6.61 Å². The van der Waals surface area contributed by atoms with Crippen LogP contribution >= 0.6 is 11.6 Å². The Balaban J connectivity index is 1.75. The summed E-state index contributed by atoms with van der Waals surface area (Å²) >= 11 is 5.88. The van der Waals surface area contributed by atoms with Crippen molar-refractivity contribution < 1.29 is 22.7 Å². The summed E-state index contributed by atoms with van der Waals surface area (Å²) in [4.78, 5) is 23.6. The highest BCUT2D eigenvalue weighted by Gasteiger charge is 2.13. The fraction of sp³-hybridized carbons (Fsp3) is 0.176. The average molecular weight is 397 g/mol. The SMILES string of the molecule is NS(=O)(=O)c1ccc(CCNC(=O)COC(=O)c2ccccc2Cl)cc1. The largest absolute Gasteiger partial charge is 0.452 e. The van der Waals surface area contributed by atoms with Crippen LogP contribution in [0.3, 0.4) is 0 Å². The molecule has 0 fully saturated rings. The standard InChI is InChI=1S/C17H17ClN2O5S/c18-15-4-2-1-3-14(15)17(22)25-11-16(21)20-10-9-12-5-7-13(8-6-12)26(19,23)24/h1-8H,9-11H2,(H,20,21)(H2,19,23,24). The van der Waals surface area contributed by atoms with Gasteiger partial charge in [0.25, 0.3) is 5.91 Å². The lowest BCUT2D eigenvalue weighted by Crippen LogP contribution is -2.30. The second-order valence-electron chi connectivity index (χ2n) is 5.34. The Morgan fingerprint density at radius 3 is 2.35 bits per heavy atom. The summed E-state index contributed by atoms with van der Waals surface area (Å²) in [6.45, 7) is -0.119. The topological polar surface area (TPSA) is 116 Å². The zero-order valence-corrected chi connectivity index (χ0v) is 15.2. The zero-order valence-electron chi connectivity index (χ0n) is 13.6. The summed E-state index contributed by atoms with van der Waals surface area (Å²) in [5.41, 5.74) is 1.02. The van der Waals surface area contributed by atoms with E-state index in [9.17, 15) is 18.0 Å². The molecular formula is C17H17ClN2O5S. The van der Waals surface area contributed by atoms with E-state index in [-0.39, 0.29) is 15.5 Å². The van der Waals surface area contributed by atoms with Gasteiger partial charge in [0, 0.05) is 6.54 Å². The molecule has 0 unspecified atom stereocenters. The van der Waals surface area contributed by atoms with Crippen LogP contribution in [0.25, 0.3) is 0 Å². The number of hydrogen-bond donors (Lipinski definition) is 2. The third-order valence-corrected chi connectivity index (χ3v) is 4.67. The second-order valence-corrected chi connectivity index (χ2v) is 7.31. The number of halogens is 1. The van der Waals surface area contributed by atoms with Crippen molar-refractivity contribution in [2.24, 2.45) is 5.14 Å². The van der Waals surface area contributed by atoms with Crippen molar-refractivity contribution >= 4 is 33.5 Å². The molecule has 2 aromatic rings. The predicted molar refractivity (Wildman–Crippen MR) is 96.3 cm³/mol. The minimum Gasteiger partial charge on any atom is -0.452 e. The Kier molecular flexibility index (Phi) is 6.73. The molecule has 0 radical (unpaired) electrons. The molecule has 138 valence electrons. The molecule has 7 nitrogen and oxygen atoms in total. The highest BCUT2D eigenvalue weighted by Crippen LogP contribution is 2.15. The number of nitrogens with two attached hydrogens (primary N) is 1. The van der Waals surface area contributed by atoms with E-state index in [0.717, 1.165) is 5.56 Å². The predicted octanol–water partition coefficient (Wildman–Crippen LogP) is 1.50. The highest BCUT2D eigenvalue weighted by molar-refractivity contribution is 7.89. The van der Waals surface area contributed by atoms with Crippen LogP contribution in [-0.2, 0) is 26.0 Å². The molecule has 0 aliphatic heterocycles. The summed E-state index contributed by atoms with van der Waals surface area (Å²) < 4.78 is 27.2. The molecule has 0 aliphatic rings. The first-order chi connectivity index (χ1) is 12.3. The maximum Gasteiger partial charge on any atom is 0.340 e. The minimum absolute atomic E-state index is 0.0248. The lowest BCUT2D eigenvalue weighted by molar-refractivity contribution is -0.124. The first-order valence-electron chi connectivity index (χ1n) is 7.57. The summed E-state index contributed by atoms with van der Waals surface area (Å²) in [6.07, 6.45) is 0.481. The van der Waals surface area contributed by atoms with Gasteiger partial charge < -0.3 is 10.1 Å². The van der Waals surface area contributed by atoms with Gasteiger partial charge >= 0.3 is 5.97 Å². The van der Waals surface area contributed by atoms with Crippen molar-refractivity contribution in [1.82, 2.24) is 5.32 Å². The van der Waals surface area contributed by atoms with Crippen LogP contribution in [0.5, 0.6) is 0 Å². The van der Waals surface area contributed by atoms with E-state index in [1.54, 1.807) is 30.3 Å². The van der Waals surface area contributed by atoms with Crippen molar-refractivity contribution in [2.75, 3.05) is 13.2 Å². The van der Waals surface area contributed by atoms with Gasteiger partial charge in [0.1, 0.15) is 0 Å². The fourth-order valence-corrected chi connectivity index (χ4v) is 2.81. The quantitative estimate of drug-likeness (QED) is 0.688. The van der Waals surface area contributed by atoms with Crippen molar-refractivity contribution in [3.05, 3.63) is 64.7 Å². The van der Waals surface area contributed by atoms with Crippen molar-refractivity contribution in [2.45, 2.75) is 11.3 Å². The Hall–Kier alpha value is -2.42.